The van der Waals surface area contributed by atoms with E-state index in [9.17, 15) is 9.90 Å². The zero-order chi connectivity index (χ0) is 17.5. The Morgan fingerprint density at radius 2 is 1.74 bits per heavy atom. The molecule has 0 unspecified atom stereocenters. The van der Waals surface area contributed by atoms with Gasteiger partial charge in [-0.1, -0.05) is 27.2 Å². The number of amides is 1. The van der Waals surface area contributed by atoms with E-state index in [0.717, 1.165) is 25.7 Å². The maximum absolute atomic E-state index is 12.9. The van der Waals surface area contributed by atoms with Crippen LogP contribution in [0.25, 0.3) is 0 Å². The molecule has 5 heteroatoms. The molecule has 2 aliphatic rings. The maximum Gasteiger partial charge on any atom is 0.413 e. The van der Waals surface area contributed by atoms with Crippen LogP contribution in [-0.4, -0.2) is 46.2 Å². The second-order valence-corrected chi connectivity index (χ2v) is 9.05. The number of hydrogen-bond donors (Lipinski definition) is 1. The topological polar surface area (TPSA) is 59.0 Å². The average Bonchev–Trinajstić information content (AvgIpc) is 2.74. The Balaban J connectivity index is 2.30. The van der Waals surface area contributed by atoms with Crippen LogP contribution < -0.4 is 0 Å². The molecule has 0 bridgehead atoms. The second-order valence-electron chi connectivity index (χ2n) is 9.05. The minimum absolute atomic E-state index is 0.325. The van der Waals surface area contributed by atoms with Crippen molar-refractivity contribution in [3.05, 3.63) is 0 Å². The van der Waals surface area contributed by atoms with Gasteiger partial charge in [0.15, 0.2) is 0 Å². The van der Waals surface area contributed by atoms with Crippen molar-refractivity contribution in [2.45, 2.75) is 97.1 Å². The first-order valence-corrected chi connectivity index (χ1v) is 8.81. The van der Waals surface area contributed by atoms with Gasteiger partial charge in [0.2, 0.25) is 0 Å². The number of ether oxygens (including phenoxy) is 2. The van der Waals surface area contributed by atoms with Crippen LogP contribution >= 0.6 is 0 Å². The Morgan fingerprint density at radius 3 is 2.22 bits per heavy atom. The lowest BCUT2D eigenvalue weighted by molar-refractivity contribution is -0.114. The molecule has 1 spiro atoms. The van der Waals surface area contributed by atoms with Gasteiger partial charge in [-0.3, -0.25) is 4.90 Å². The second kappa shape index (κ2) is 6.25. The van der Waals surface area contributed by atoms with Crippen molar-refractivity contribution >= 4 is 6.09 Å². The normalized spacial score (nSPS) is 26.4. The highest BCUT2D eigenvalue weighted by Crippen LogP contribution is 2.43. The first kappa shape index (κ1) is 18.5. The van der Waals surface area contributed by atoms with Gasteiger partial charge in [-0.15, -0.1) is 0 Å². The van der Waals surface area contributed by atoms with Gasteiger partial charge in [0.1, 0.15) is 11.3 Å². The van der Waals surface area contributed by atoms with Crippen molar-refractivity contribution in [3.63, 3.8) is 0 Å². The van der Waals surface area contributed by atoms with Crippen LogP contribution in [0.1, 0.15) is 73.6 Å². The lowest BCUT2D eigenvalue weighted by Gasteiger charge is -2.44. The van der Waals surface area contributed by atoms with Gasteiger partial charge in [0, 0.05) is 0 Å². The van der Waals surface area contributed by atoms with E-state index < -0.39 is 17.4 Å². The SMILES string of the molecule is CC(C)(C)OC(=O)N1[C@@H]([C@H](O)C(C)(C)C)COC12CCCCC2. The summed E-state index contributed by atoms with van der Waals surface area (Å²) >= 11 is 0. The van der Waals surface area contributed by atoms with Crippen LogP contribution in [0.3, 0.4) is 0 Å². The van der Waals surface area contributed by atoms with Gasteiger partial charge in [-0.05, 0) is 51.9 Å². The fourth-order valence-corrected chi connectivity index (χ4v) is 3.60. The summed E-state index contributed by atoms with van der Waals surface area (Å²) in [5, 5.41) is 10.8. The Labute approximate surface area is 140 Å². The number of carbonyl (C=O) groups is 1. The molecule has 1 heterocycles. The van der Waals surface area contributed by atoms with E-state index in [-0.39, 0.29) is 17.6 Å². The van der Waals surface area contributed by atoms with E-state index in [2.05, 4.69) is 0 Å². The van der Waals surface area contributed by atoms with Crippen molar-refractivity contribution in [1.29, 1.82) is 0 Å². The Kier molecular flexibility index (Phi) is 5.03. The summed E-state index contributed by atoms with van der Waals surface area (Å²) in [7, 11) is 0. The van der Waals surface area contributed by atoms with Gasteiger partial charge < -0.3 is 14.6 Å². The number of aliphatic hydroxyl groups is 1. The number of hydrogen-bond acceptors (Lipinski definition) is 4. The molecular formula is C18H33NO4. The van der Waals surface area contributed by atoms with Gasteiger partial charge in [-0.2, -0.15) is 0 Å². The summed E-state index contributed by atoms with van der Waals surface area (Å²) < 4.78 is 11.8. The quantitative estimate of drug-likeness (QED) is 0.798. The van der Waals surface area contributed by atoms with E-state index in [4.69, 9.17) is 9.47 Å². The van der Waals surface area contributed by atoms with E-state index in [1.165, 1.54) is 6.42 Å². The van der Waals surface area contributed by atoms with E-state index in [1.807, 2.05) is 41.5 Å². The summed E-state index contributed by atoms with van der Waals surface area (Å²) in [5.74, 6) is 0. The molecule has 2 atom stereocenters. The standard InChI is InChI=1S/C18H33NO4/c1-16(2,3)14(20)13-12-22-18(10-8-7-9-11-18)19(13)15(21)23-17(4,5)6/h13-14,20H,7-12H2,1-6H3/t13-,14+/m1/s1. The van der Waals surface area contributed by atoms with Gasteiger partial charge >= 0.3 is 6.09 Å². The van der Waals surface area contributed by atoms with Crippen LogP contribution in [0, 0.1) is 5.41 Å². The smallest absolute Gasteiger partial charge is 0.413 e. The number of carbonyl (C=O) groups excluding carboxylic acids is 1. The number of aliphatic hydroxyl groups excluding tert-OH is 1. The molecule has 1 amide bonds. The third-order valence-electron chi connectivity index (χ3n) is 4.77. The highest BCUT2D eigenvalue weighted by Gasteiger charge is 2.55. The maximum atomic E-state index is 12.9. The van der Waals surface area contributed by atoms with E-state index >= 15 is 0 Å². The Hall–Kier alpha value is -0.810. The molecule has 5 nitrogen and oxygen atoms in total. The molecule has 1 aliphatic heterocycles. The number of rotatable bonds is 1. The molecule has 1 aliphatic carbocycles. The highest BCUT2D eigenvalue weighted by molar-refractivity contribution is 5.70. The minimum Gasteiger partial charge on any atom is -0.444 e. The predicted octanol–water partition coefficient (Wildman–Crippen LogP) is 3.69. The zero-order valence-electron chi connectivity index (χ0n) is 15.5. The summed E-state index contributed by atoms with van der Waals surface area (Å²) in [6.07, 6.45) is 3.86. The molecule has 0 aromatic heterocycles. The molecule has 23 heavy (non-hydrogen) atoms. The lowest BCUT2D eigenvalue weighted by atomic mass is 9.83. The Bertz CT molecular complexity index is 429. The van der Waals surface area contributed by atoms with Crippen molar-refractivity contribution in [2.24, 2.45) is 5.41 Å². The van der Waals surface area contributed by atoms with Crippen LogP contribution in [0.15, 0.2) is 0 Å². The van der Waals surface area contributed by atoms with Crippen molar-refractivity contribution in [2.75, 3.05) is 6.61 Å². The molecular weight excluding hydrogens is 294 g/mol. The van der Waals surface area contributed by atoms with E-state index in [1.54, 1.807) is 4.90 Å². The van der Waals surface area contributed by atoms with Crippen molar-refractivity contribution in [1.82, 2.24) is 4.90 Å². The third-order valence-corrected chi connectivity index (χ3v) is 4.77. The van der Waals surface area contributed by atoms with Crippen molar-refractivity contribution in [3.8, 4) is 0 Å². The summed E-state index contributed by atoms with van der Waals surface area (Å²) in [6, 6.07) is -0.358. The molecule has 0 aromatic rings. The van der Waals surface area contributed by atoms with Crippen molar-refractivity contribution < 1.29 is 19.4 Å². The zero-order valence-corrected chi connectivity index (χ0v) is 15.5. The van der Waals surface area contributed by atoms with Crippen LogP contribution in [0.5, 0.6) is 0 Å². The Morgan fingerprint density at radius 1 is 1.17 bits per heavy atom. The molecule has 2 fully saturated rings. The largest absolute Gasteiger partial charge is 0.444 e. The first-order chi connectivity index (χ1) is 10.5. The monoisotopic (exact) mass is 327 g/mol. The predicted molar refractivity (Wildman–Crippen MR) is 89.1 cm³/mol. The average molecular weight is 327 g/mol. The summed E-state index contributed by atoms with van der Waals surface area (Å²) in [6.45, 7) is 11.9. The van der Waals surface area contributed by atoms with Gasteiger partial charge in [-0.25, -0.2) is 4.79 Å². The van der Waals surface area contributed by atoms with Crippen LogP contribution in [0.4, 0.5) is 4.79 Å². The molecule has 1 saturated heterocycles. The van der Waals surface area contributed by atoms with Crippen LogP contribution in [-0.2, 0) is 9.47 Å². The highest BCUT2D eigenvalue weighted by atomic mass is 16.6. The summed E-state index contributed by atoms with van der Waals surface area (Å²) in [5.41, 5.74) is -1.49. The minimum atomic E-state index is -0.656. The molecule has 0 radical (unpaired) electrons. The van der Waals surface area contributed by atoms with Gasteiger partial charge in [0.05, 0.1) is 18.8 Å². The lowest BCUT2D eigenvalue weighted by Crippen LogP contribution is -2.58. The number of nitrogens with zero attached hydrogens (tertiary/aromatic N) is 1. The molecule has 2 rings (SSSR count). The van der Waals surface area contributed by atoms with Gasteiger partial charge in [0.25, 0.3) is 0 Å². The molecule has 134 valence electrons. The third kappa shape index (κ3) is 4.00. The molecule has 1 saturated carbocycles. The fraction of sp³-hybridized carbons (Fsp3) is 0.944. The fourth-order valence-electron chi connectivity index (χ4n) is 3.60. The molecule has 0 aromatic carbocycles. The summed E-state index contributed by atoms with van der Waals surface area (Å²) in [4.78, 5) is 14.6. The van der Waals surface area contributed by atoms with Crippen LogP contribution in [0.2, 0.25) is 0 Å². The first-order valence-electron chi connectivity index (χ1n) is 8.81. The molecule has 1 N–H and O–H groups in total. The van der Waals surface area contributed by atoms with E-state index in [0.29, 0.717) is 6.61 Å².